The fraction of sp³-hybridized carbons (Fsp3) is 0.300. The normalized spacial score (nSPS) is 10.3. The van der Waals surface area contributed by atoms with Crippen LogP contribution in [0.25, 0.3) is 0 Å². The molecule has 2 rings (SSSR count). The highest BCUT2D eigenvalue weighted by atomic mass is 16.6. The summed E-state index contributed by atoms with van der Waals surface area (Å²) in [6.45, 7) is -0.979. The number of hydrogen-bond acceptors (Lipinski definition) is 10. The van der Waals surface area contributed by atoms with Crippen LogP contribution in [0.3, 0.4) is 0 Å². The van der Waals surface area contributed by atoms with Gasteiger partial charge in [0.1, 0.15) is 13.2 Å². The predicted octanol–water partition coefficient (Wildman–Crippen LogP) is 1.63. The molecule has 0 heterocycles. The third-order valence-electron chi connectivity index (χ3n) is 4.04. The van der Waals surface area contributed by atoms with Crippen molar-refractivity contribution in [3.8, 4) is 28.7 Å². The molecule has 0 bridgehead atoms. The van der Waals surface area contributed by atoms with Crippen LogP contribution in [0.15, 0.2) is 24.3 Å². The Morgan fingerprint density at radius 1 is 0.733 bits per heavy atom. The molecule has 0 unspecified atom stereocenters. The molecule has 0 spiro atoms. The predicted molar refractivity (Wildman–Crippen MR) is 102 cm³/mol. The van der Waals surface area contributed by atoms with Crippen LogP contribution in [0.2, 0.25) is 0 Å². The van der Waals surface area contributed by atoms with Gasteiger partial charge in [-0.3, -0.25) is 0 Å². The first-order valence-electron chi connectivity index (χ1n) is 8.66. The maximum atomic E-state index is 12.2. The molecule has 10 nitrogen and oxygen atoms in total. The van der Waals surface area contributed by atoms with Crippen LogP contribution in [-0.2, 0) is 16.1 Å². The highest BCUT2D eigenvalue weighted by Gasteiger charge is 2.18. The number of esters is 2. The van der Waals surface area contributed by atoms with E-state index in [9.17, 15) is 24.9 Å². The summed E-state index contributed by atoms with van der Waals surface area (Å²) in [7, 11) is 3.95. The number of hydrogen-bond donors (Lipinski definition) is 3. The van der Waals surface area contributed by atoms with Gasteiger partial charge in [-0.2, -0.15) is 0 Å². The largest absolute Gasteiger partial charge is 0.504 e. The molecular formula is C20H22O10. The number of benzene rings is 2. The molecule has 0 radical (unpaired) electrons. The van der Waals surface area contributed by atoms with Crippen molar-refractivity contribution in [2.24, 2.45) is 0 Å². The molecular weight excluding hydrogens is 400 g/mol. The molecule has 0 aliphatic rings. The summed E-state index contributed by atoms with van der Waals surface area (Å²) >= 11 is 0. The third-order valence-corrected chi connectivity index (χ3v) is 4.04. The molecule has 0 aliphatic heterocycles. The van der Waals surface area contributed by atoms with Gasteiger partial charge in [0.05, 0.1) is 39.1 Å². The lowest BCUT2D eigenvalue weighted by Crippen LogP contribution is -2.14. The molecule has 0 saturated carbocycles. The zero-order valence-electron chi connectivity index (χ0n) is 16.6. The minimum absolute atomic E-state index is 0.00940. The average molecular weight is 422 g/mol. The molecule has 0 amide bonds. The molecule has 0 saturated heterocycles. The average Bonchev–Trinajstić information content (AvgIpc) is 2.76. The summed E-state index contributed by atoms with van der Waals surface area (Å²) in [4.78, 5) is 24.4. The van der Waals surface area contributed by atoms with E-state index < -0.39 is 18.5 Å². The summed E-state index contributed by atoms with van der Waals surface area (Å²) in [6, 6.07) is 5.09. The second-order valence-electron chi connectivity index (χ2n) is 5.85. The second kappa shape index (κ2) is 10.2. The Morgan fingerprint density at radius 2 is 1.13 bits per heavy atom. The minimum Gasteiger partial charge on any atom is -0.504 e. The molecule has 0 fully saturated rings. The quantitative estimate of drug-likeness (QED) is 0.403. The number of phenolic OH excluding ortho intramolecular Hbond substituents is 1. The number of methoxy groups -OCH3 is 3. The van der Waals surface area contributed by atoms with Crippen LogP contribution in [0.5, 0.6) is 28.7 Å². The molecule has 0 atom stereocenters. The lowest BCUT2D eigenvalue weighted by Gasteiger charge is -2.12. The fourth-order valence-corrected chi connectivity index (χ4v) is 2.51. The molecule has 2 aromatic rings. The zero-order chi connectivity index (χ0) is 22.3. The van der Waals surface area contributed by atoms with Crippen molar-refractivity contribution in [1.82, 2.24) is 0 Å². The van der Waals surface area contributed by atoms with Crippen molar-refractivity contribution in [3.05, 3.63) is 41.0 Å². The number of ether oxygens (including phenoxy) is 5. The standard InChI is InChI=1S/C20H22O10/c1-26-14-7-11(6-13(10-21)17(14)22)19(24)29-4-5-30-20(25)12-8-15(27-2)18(23)16(9-12)28-3/h6-9,21-23H,4-5,10H2,1-3H3. The van der Waals surface area contributed by atoms with Gasteiger partial charge in [0.2, 0.25) is 5.75 Å². The van der Waals surface area contributed by atoms with Crippen LogP contribution in [0.1, 0.15) is 26.3 Å². The van der Waals surface area contributed by atoms with E-state index in [-0.39, 0.29) is 58.7 Å². The third kappa shape index (κ3) is 5.03. The highest BCUT2D eigenvalue weighted by Crippen LogP contribution is 2.37. The smallest absolute Gasteiger partial charge is 0.338 e. The zero-order valence-corrected chi connectivity index (χ0v) is 16.6. The second-order valence-corrected chi connectivity index (χ2v) is 5.85. The first-order valence-corrected chi connectivity index (χ1v) is 8.66. The SMILES string of the molecule is COc1cc(C(=O)OCCOC(=O)c2cc(OC)c(O)c(OC)c2)cc(CO)c1O. The van der Waals surface area contributed by atoms with E-state index in [2.05, 4.69) is 0 Å². The van der Waals surface area contributed by atoms with Gasteiger partial charge in [0, 0.05) is 5.56 Å². The van der Waals surface area contributed by atoms with Crippen molar-refractivity contribution in [2.75, 3.05) is 34.5 Å². The Morgan fingerprint density at radius 3 is 1.53 bits per heavy atom. The van der Waals surface area contributed by atoms with Crippen LogP contribution in [0, 0.1) is 0 Å². The highest BCUT2D eigenvalue weighted by molar-refractivity contribution is 5.91. The summed E-state index contributed by atoms with van der Waals surface area (Å²) < 4.78 is 25.0. The van der Waals surface area contributed by atoms with Crippen molar-refractivity contribution in [3.63, 3.8) is 0 Å². The van der Waals surface area contributed by atoms with E-state index in [1.807, 2.05) is 0 Å². The number of phenols is 2. The molecule has 2 aromatic carbocycles. The summed E-state index contributed by atoms with van der Waals surface area (Å²) in [5.41, 5.74) is 0.222. The molecule has 10 heteroatoms. The van der Waals surface area contributed by atoms with Crippen LogP contribution in [0.4, 0.5) is 0 Å². The summed E-state index contributed by atoms with van der Waals surface area (Å²) in [5, 5.41) is 29.0. The topological polar surface area (TPSA) is 141 Å². The maximum Gasteiger partial charge on any atom is 0.338 e. The van der Waals surface area contributed by atoms with Crippen LogP contribution in [-0.4, -0.2) is 61.8 Å². The van der Waals surface area contributed by atoms with E-state index in [4.69, 9.17) is 23.7 Å². The van der Waals surface area contributed by atoms with Gasteiger partial charge in [-0.15, -0.1) is 0 Å². The van der Waals surface area contributed by atoms with Gasteiger partial charge >= 0.3 is 11.9 Å². The molecule has 3 N–H and O–H groups in total. The number of aliphatic hydroxyl groups is 1. The number of carbonyl (C=O) groups is 2. The van der Waals surface area contributed by atoms with E-state index in [1.54, 1.807) is 0 Å². The Balaban J connectivity index is 1.97. The van der Waals surface area contributed by atoms with Crippen LogP contribution >= 0.6 is 0 Å². The van der Waals surface area contributed by atoms with Crippen LogP contribution < -0.4 is 14.2 Å². The monoisotopic (exact) mass is 422 g/mol. The number of aliphatic hydroxyl groups excluding tert-OH is 1. The minimum atomic E-state index is -0.757. The first-order chi connectivity index (χ1) is 14.4. The van der Waals surface area contributed by atoms with Crippen molar-refractivity contribution >= 4 is 11.9 Å². The lowest BCUT2D eigenvalue weighted by molar-refractivity contribution is 0.0265. The Hall–Kier alpha value is -3.66. The van der Waals surface area contributed by atoms with Gasteiger partial charge in [-0.1, -0.05) is 0 Å². The lowest BCUT2D eigenvalue weighted by atomic mass is 10.1. The molecule has 0 aromatic heterocycles. The van der Waals surface area contributed by atoms with Gasteiger partial charge < -0.3 is 39.0 Å². The first kappa shape index (κ1) is 22.6. The van der Waals surface area contributed by atoms with Crippen molar-refractivity contribution in [2.45, 2.75) is 6.61 Å². The van der Waals surface area contributed by atoms with Crippen molar-refractivity contribution in [1.29, 1.82) is 0 Å². The van der Waals surface area contributed by atoms with Gasteiger partial charge in [-0.05, 0) is 24.3 Å². The fourth-order valence-electron chi connectivity index (χ4n) is 2.51. The summed E-state index contributed by atoms with van der Waals surface area (Å²) in [5.74, 6) is -1.94. The van der Waals surface area contributed by atoms with E-state index in [0.29, 0.717) is 0 Å². The van der Waals surface area contributed by atoms with E-state index >= 15 is 0 Å². The number of carbonyl (C=O) groups excluding carboxylic acids is 2. The number of aromatic hydroxyl groups is 2. The summed E-state index contributed by atoms with van der Waals surface area (Å²) in [6.07, 6.45) is 0. The Bertz CT molecular complexity index is 796. The Labute approximate surface area is 172 Å². The van der Waals surface area contributed by atoms with Gasteiger partial charge in [0.15, 0.2) is 23.0 Å². The van der Waals surface area contributed by atoms with E-state index in [1.165, 1.54) is 45.6 Å². The molecule has 162 valence electrons. The van der Waals surface area contributed by atoms with Gasteiger partial charge in [-0.25, -0.2) is 9.59 Å². The molecule has 0 aliphatic carbocycles. The Kier molecular flexibility index (Phi) is 7.70. The van der Waals surface area contributed by atoms with Crippen molar-refractivity contribution < 1.29 is 48.6 Å². The maximum absolute atomic E-state index is 12.2. The van der Waals surface area contributed by atoms with E-state index in [0.717, 1.165) is 0 Å². The molecule has 30 heavy (non-hydrogen) atoms. The number of rotatable bonds is 9. The van der Waals surface area contributed by atoms with Gasteiger partial charge in [0.25, 0.3) is 0 Å².